The second-order valence-corrected chi connectivity index (χ2v) is 6.73. The molecule has 0 N–H and O–H groups in total. The Morgan fingerprint density at radius 2 is 1.57 bits per heavy atom. The van der Waals surface area contributed by atoms with E-state index in [0.29, 0.717) is 29.5 Å². The number of fused-ring (bicyclic) bond motifs is 1. The van der Waals surface area contributed by atoms with Crippen molar-refractivity contribution in [2.24, 2.45) is 11.8 Å². The molecule has 1 aromatic rings. The lowest BCUT2D eigenvalue weighted by Crippen LogP contribution is -2.36. The van der Waals surface area contributed by atoms with E-state index in [4.69, 9.17) is 4.74 Å². The van der Waals surface area contributed by atoms with Crippen molar-refractivity contribution in [1.82, 2.24) is 4.90 Å². The van der Waals surface area contributed by atoms with E-state index in [1.807, 2.05) is 12.1 Å². The van der Waals surface area contributed by atoms with Crippen LogP contribution in [0.5, 0.6) is 0 Å². The molecule has 2 amide bonds. The molecule has 0 aromatic heterocycles. The summed E-state index contributed by atoms with van der Waals surface area (Å²) in [5.41, 5.74) is 1.11. The van der Waals surface area contributed by atoms with Gasteiger partial charge in [-0.05, 0) is 56.1 Å². The highest BCUT2D eigenvalue weighted by molar-refractivity contribution is 6.21. The summed E-state index contributed by atoms with van der Waals surface area (Å²) in [6, 6.07) is 7.12. The Kier molecular flexibility index (Phi) is 5.11. The first-order chi connectivity index (χ1) is 11.2. The highest BCUT2D eigenvalue weighted by Gasteiger charge is 2.36. The first-order valence-electron chi connectivity index (χ1n) is 8.73. The van der Waals surface area contributed by atoms with Crippen molar-refractivity contribution in [2.45, 2.75) is 39.0 Å². The fourth-order valence-corrected chi connectivity index (χ4v) is 3.64. The van der Waals surface area contributed by atoms with Gasteiger partial charge in [0.2, 0.25) is 0 Å². The molecule has 1 aliphatic heterocycles. The Labute approximate surface area is 137 Å². The lowest BCUT2D eigenvalue weighted by Gasteiger charge is -2.30. The molecule has 4 heteroatoms. The topological polar surface area (TPSA) is 46.6 Å². The molecule has 1 aliphatic carbocycles. The van der Waals surface area contributed by atoms with E-state index in [9.17, 15) is 9.59 Å². The highest BCUT2D eigenvalue weighted by Crippen LogP contribution is 2.32. The average Bonchev–Trinajstić information content (AvgIpc) is 2.82. The summed E-state index contributed by atoms with van der Waals surface area (Å²) >= 11 is 0. The lowest BCUT2D eigenvalue weighted by atomic mass is 9.82. The van der Waals surface area contributed by atoms with E-state index in [1.165, 1.54) is 4.90 Å². The fraction of sp³-hybridized carbons (Fsp3) is 0.579. The molecule has 4 nitrogen and oxygen atoms in total. The van der Waals surface area contributed by atoms with Crippen molar-refractivity contribution in [3.8, 4) is 0 Å². The summed E-state index contributed by atoms with van der Waals surface area (Å²) in [5, 5.41) is 0. The number of benzene rings is 1. The van der Waals surface area contributed by atoms with Crippen molar-refractivity contribution in [3.05, 3.63) is 35.4 Å². The maximum absolute atomic E-state index is 12.4. The summed E-state index contributed by atoms with van der Waals surface area (Å²) in [7, 11) is 0. The van der Waals surface area contributed by atoms with Crippen molar-refractivity contribution >= 4 is 11.8 Å². The zero-order valence-electron chi connectivity index (χ0n) is 13.8. The molecule has 124 valence electrons. The second kappa shape index (κ2) is 7.26. The monoisotopic (exact) mass is 315 g/mol. The molecule has 1 fully saturated rings. The summed E-state index contributed by atoms with van der Waals surface area (Å²) < 4.78 is 5.65. The van der Waals surface area contributed by atoms with Gasteiger partial charge < -0.3 is 4.74 Å². The van der Waals surface area contributed by atoms with Gasteiger partial charge in [0.25, 0.3) is 11.8 Å². The van der Waals surface area contributed by atoms with E-state index >= 15 is 0 Å². The van der Waals surface area contributed by atoms with Gasteiger partial charge in [-0.2, -0.15) is 0 Å². The van der Waals surface area contributed by atoms with Crippen molar-refractivity contribution in [1.29, 1.82) is 0 Å². The number of ether oxygens (including phenoxy) is 1. The number of carbonyl (C=O) groups excluding carboxylic acids is 2. The first kappa shape index (κ1) is 16.2. The van der Waals surface area contributed by atoms with E-state index in [0.717, 1.165) is 45.3 Å². The number of hydrogen-bond acceptors (Lipinski definition) is 3. The van der Waals surface area contributed by atoms with Crippen LogP contribution in [0.2, 0.25) is 0 Å². The molecular weight excluding hydrogens is 290 g/mol. The van der Waals surface area contributed by atoms with Gasteiger partial charge in [-0.3, -0.25) is 14.5 Å². The SMILES string of the molecule is CCCOCC1CCC(CN2C(=O)c3ccccc3C2=O)CC1. The molecule has 0 saturated heterocycles. The van der Waals surface area contributed by atoms with Crippen molar-refractivity contribution < 1.29 is 14.3 Å². The van der Waals surface area contributed by atoms with Crippen LogP contribution in [0.15, 0.2) is 24.3 Å². The van der Waals surface area contributed by atoms with Gasteiger partial charge in [-0.25, -0.2) is 0 Å². The summed E-state index contributed by atoms with van der Waals surface area (Å²) in [4.78, 5) is 26.3. The van der Waals surface area contributed by atoms with Gasteiger partial charge >= 0.3 is 0 Å². The Bertz CT molecular complexity index is 541. The normalized spacial score (nSPS) is 24.1. The van der Waals surface area contributed by atoms with Crippen LogP contribution < -0.4 is 0 Å². The summed E-state index contributed by atoms with van der Waals surface area (Å²) in [6.45, 7) is 4.39. The number of hydrogen-bond donors (Lipinski definition) is 0. The Hall–Kier alpha value is -1.68. The number of amides is 2. The smallest absolute Gasteiger partial charge is 0.261 e. The second-order valence-electron chi connectivity index (χ2n) is 6.73. The molecule has 1 aromatic carbocycles. The molecule has 3 rings (SSSR count). The van der Waals surface area contributed by atoms with E-state index in [1.54, 1.807) is 12.1 Å². The van der Waals surface area contributed by atoms with E-state index in [-0.39, 0.29) is 11.8 Å². The molecule has 0 unspecified atom stereocenters. The van der Waals surface area contributed by atoms with Gasteiger partial charge in [0.1, 0.15) is 0 Å². The minimum Gasteiger partial charge on any atom is -0.381 e. The highest BCUT2D eigenvalue weighted by atomic mass is 16.5. The quantitative estimate of drug-likeness (QED) is 0.596. The van der Waals surface area contributed by atoms with Crippen molar-refractivity contribution in [2.75, 3.05) is 19.8 Å². The van der Waals surface area contributed by atoms with Crippen LogP contribution in [0.1, 0.15) is 59.7 Å². The zero-order valence-corrected chi connectivity index (χ0v) is 13.8. The molecule has 2 aliphatic rings. The third-order valence-electron chi connectivity index (χ3n) is 4.99. The molecule has 0 spiro atoms. The zero-order chi connectivity index (χ0) is 16.2. The molecule has 0 atom stereocenters. The molecule has 0 bridgehead atoms. The van der Waals surface area contributed by atoms with E-state index < -0.39 is 0 Å². The number of carbonyl (C=O) groups is 2. The Morgan fingerprint density at radius 3 is 2.13 bits per heavy atom. The van der Waals surface area contributed by atoms with Gasteiger partial charge in [-0.15, -0.1) is 0 Å². The molecule has 1 heterocycles. The fourth-order valence-electron chi connectivity index (χ4n) is 3.64. The van der Waals surface area contributed by atoms with Gasteiger partial charge in [0.15, 0.2) is 0 Å². The first-order valence-corrected chi connectivity index (χ1v) is 8.73. The third kappa shape index (κ3) is 3.47. The molecule has 0 radical (unpaired) electrons. The summed E-state index contributed by atoms with van der Waals surface area (Å²) in [5.74, 6) is 0.817. The molecular formula is C19H25NO3. The molecule has 23 heavy (non-hydrogen) atoms. The molecule has 1 saturated carbocycles. The van der Waals surface area contributed by atoms with Crippen LogP contribution in [0.4, 0.5) is 0 Å². The minimum atomic E-state index is -0.126. The van der Waals surface area contributed by atoms with Gasteiger partial charge in [0.05, 0.1) is 11.1 Å². The summed E-state index contributed by atoms with van der Waals surface area (Å²) in [6.07, 6.45) is 5.49. The van der Waals surface area contributed by atoms with E-state index in [2.05, 4.69) is 6.92 Å². The van der Waals surface area contributed by atoms with Crippen LogP contribution in [0.25, 0.3) is 0 Å². The van der Waals surface area contributed by atoms with Crippen LogP contribution in [0, 0.1) is 11.8 Å². The van der Waals surface area contributed by atoms with Gasteiger partial charge in [-0.1, -0.05) is 19.1 Å². The predicted octanol–water partition coefficient (Wildman–Crippen LogP) is 3.52. The predicted molar refractivity (Wildman–Crippen MR) is 88.4 cm³/mol. The Balaban J connectivity index is 1.52. The van der Waals surface area contributed by atoms with Gasteiger partial charge in [0, 0.05) is 19.8 Å². The van der Waals surface area contributed by atoms with Crippen molar-refractivity contribution in [3.63, 3.8) is 0 Å². The lowest BCUT2D eigenvalue weighted by molar-refractivity contribution is 0.0561. The largest absolute Gasteiger partial charge is 0.381 e. The number of nitrogens with zero attached hydrogens (tertiary/aromatic N) is 1. The third-order valence-corrected chi connectivity index (χ3v) is 4.99. The minimum absolute atomic E-state index is 0.126. The standard InChI is InChI=1S/C19H25NO3/c1-2-11-23-13-15-9-7-14(8-10-15)12-20-18(21)16-5-3-4-6-17(16)19(20)22/h3-6,14-15H,2,7-13H2,1H3. The maximum atomic E-state index is 12.4. The Morgan fingerprint density at radius 1 is 1.00 bits per heavy atom. The average molecular weight is 315 g/mol. The van der Waals surface area contributed by atoms with Crippen LogP contribution in [-0.4, -0.2) is 36.5 Å². The number of imide groups is 1. The van der Waals surface area contributed by atoms with Crippen LogP contribution in [0.3, 0.4) is 0 Å². The number of rotatable bonds is 6. The maximum Gasteiger partial charge on any atom is 0.261 e. The van der Waals surface area contributed by atoms with Crippen LogP contribution in [-0.2, 0) is 4.74 Å². The van der Waals surface area contributed by atoms with Crippen LogP contribution >= 0.6 is 0 Å².